The van der Waals surface area contributed by atoms with Crippen molar-refractivity contribution in [3.63, 3.8) is 0 Å². The third-order valence-corrected chi connectivity index (χ3v) is 19.9. The molecule has 11 nitrogen and oxygen atoms in total. The number of allylic oxidation sites excluding steroid dienone is 2. The Hall–Kier alpha value is -5.04. The van der Waals surface area contributed by atoms with E-state index in [4.69, 9.17) is 16.5 Å². The molecule has 0 radical (unpaired) electrons. The molecule has 0 saturated heterocycles. The van der Waals surface area contributed by atoms with Gasteiger partial charge in [-0.1, -0.05) is 80.8 Å². The summed E-state index contributed by atoms with van der Waals surface area (Å²) in [6.45, 7) is 7.34. The highest BCUT2D eigenvalue weighted by molar-refractivity contribution is 6.03. The Morgan fingerprint density at radius 3 is 2.45 bits per heavy atom. The molecule has 12 aliphatic rings. The summed E-state index contributed by atoms with van der Waals surface area (Å²) in [6, 6.07) is 8.26. The van der Waals surface area contributed by atoms with Gasteiger partial charge in [-0.3, -0.25) is 9.59 Å². The average molecular weight is 892 g/mol. The number of ketones is 2. The molecule has 0 amide bonds. The summed E-state index contributed by atoms with van der Waals surface area (Å²) in [5.74, 6) is 8.37. The fourth-order valence-electron chi connectivity index (χ4n) is 17.8. The van der Waals surface area contributed by atoms with Crippen molar-refractivity contribution in [2.45, 2.75) is 121 Å². The smallest absolute Gasteiger partial charge is 0.331 e. The number of benzene rings is 1. The summed E-state index contributed by atoms with van der Waals surface area (Å²) >= 11 is 0. The quantitative estimate of drug-likeness (QED) is 0.0681. The van der Waals surface area contributed by atoms with Gasteiger partial charge in [0, 0.05) is 76.9 Å². The van der Waals surface area contributed by atoms with Gasteiger partial charge < -0.3 is 37.0 Å². The summed E-state index contributed by atoms with van der Waals surface area (Å²) in [6.07, 6.45) is 11.3. The Kier molecular flexibility index (Phi) is 9.09. The monoisotopic (exact) mass is 891 g/mol. The molecular formula is C55H61N3O8. The van der Waals surface area contributed by atoms with E-state index in [2.05, 4.69) is 61.8 Å². The number of aryl methyl sites for hydroxylation is 1. The van der Waals surface area contributed by atoms with E-state index in [1.807, 2.05) is 25.1 Å². The van der Waals surface area contributed by atoms with Crippen LogP contribution in [0.5, 0.6) is 0 Å². The number of rotatable bonds is 5. The van der Waals surface area contributed by atoms with Crippen LogP contribution in [0.1, 0.15) is 103 Å². The number of Topliss-reactive ketones (excluding diaryl/α,β-unsaturated/α-hetero) is 2. The van der Waals surface area contributed by atoms with Gasteiger partial charge in [0.05, 0.1) is 23.2 Å². The van der Waals surface area contributed by atoms with Gasteiger partial charge in [0.1, 0.15) is 5.60 Å². The van der Waals surface area contributed by atoms with Crippen molar-refractivity contribution in [2.24, 2.45) is 79.0 Å². The standard InChI is InChI=1S/C55H61N3O8/c1-30(46(63)64)36-17-20-52(58-47(56)57)22-21-51(37(18-25-59)40(52)42(36)61)29-53(65)23-24-54(66)39(33-16-15-31-10-5-6-11-32(31)26-33)43-48(2)19-8-7-13-35-14-9-12-34(45(48)62)27-49(43,3)41-38(60)28-50(51,4)55(35,53)44(41)54/h5-6,10-11,21-24,26,34-35,37,39-40,42-43,59,61,65-66H,13-20,25,27-29H2,1-4H3,(H,63,64)(H4,56,57,58)/b36-30+/t34-,35+,37-,39-,40-,42-,43-,48+,49-,50-,51-,52+,53+,54-,55+/m1/s1. The number of nitrogens with zero attached hydrogens (tertiary/aromatic N) is 1. The van der Waals surface area contributed by atoms with Crippen molar-refractivity contribution in [3.05, 3.63) is 87.6 Å². The molecule has 9 bridgehead atoms. The van der Waals surface area contributed by atoms with Gasteiger partial charge in [0.2, 0.25) is 0 Å². The second-order valence-corrected chi connectivity index (χ2v) is 22.5. The number of carboxylic acid groups (broad SMARTS) is 1. The Morgan fingerprint density at radius 2 is 1.71 bits per heavy atom. The van der Waals surface area contributed by atoms with Crippen LogP contribution in [0.4, 0.5) is 0 Å². The Labute approximate surface area is 386 Å². The lowest BCUT2D eigenvalue weighted by Crippen LogP contribution is -2.73. The van der Waals surface area contributed by atoms with E-state index in [0.29, 0.717) is 29.6 Å². The van der Waals surface area contributed by atoms with Gasteiger partial charge in [-0.15, -0.1) is 17.8 Å². The van der Waals surface area contributed by atoms with Gasteiger partial charge in [-0.05, 0) is 103 Å². The van der Waals surface area contributed by atoms with Crippen LogP contribution in [-0.2, 0) is 20.8 Å². The minimum Gasteiger partial charge on any atom is -0.478 e. The fraction of sp³-hybridized carbons (Fsp3) is 0.564. The zero-order valence-electron chi connectivity index (χ0n) is 38.3. The highest BCUT2D eigenvalue weighted by Crippen LogP contribution is 2.85. The van der Waals surface area contributed by atoms with Crippen LogP contribution in [0.25, 0.3) is 6.08 Å². The highest BCUT2D eigenvalue weighted by atomic mass is 16.4. The molecule has 344 valence electrons. The Balaban J connectivity index is 1.26. The van der Waals surface area contributed by atoms with Crippen LogP contribution in [0.2, 0.25) is 0 Å². The molecule has 13 rings (SSSR count). The lowest BCUT2D eigenvalue weighted by molar-refractivity contribution is -0.183. The lowest BCUT2D eigenvalue weighted by atomic mass is 9.31. The number of carbonyl (C=O) groups excluding carboxylic acids is 2. The number of carbonyl (C=O) groups is 3. The van der Waals surface area contributed by atoms with Crippen molar-refractivity contribution in [3.8, 4) is 23.7 Å². The number of aliphatic imine (C=N–C) groups is 1. The molecule has 15 atom stereocenters. The summed E-state index contributed by atoms with van der Waals surface area (Å²) in [5, 5.41) is 63.2. The van der Waals surface area contributed by atoms with Crippen LogP contribution >= 0.6 is 0 Å². The molecular weight excluding hydrogens is 831 g/mol. The first-order valence-electron chi connectivity index (χ1n) is 24.0. The van der Waals surface area contributed by atoms with E-state index >= 15 is 9.59 Å². The molecule has 0 aromatic heterocycles. The minimum absolute atomic E-state index is 0.000205. The van der Waals surface area contributed by atoms with Gasteiger partial charge >= 0.3 is 5.97 Å². The molecule has 12 aliphatic carbocycles. The molecule has 0 unspecified atom stereocenters. The number of fused-ring (bicyclic) bond motifs is 4. The van der Waals surface area contributed by atoms with E-state index in [-0.39, 0.29) is 81.1 Å². The Morgan fingerprint density at radius 1 is 0.955 bits per heavy atom. The van der Waals surface area contributed by atoms with Crippen molar-refractivity contribution in [2.75, 3.05) is 6.61 Å². The van der Waals surface area contributed by atoms with Crippen molar-refractivity contribution in [1.82, 2.24) is 0 Å². The zero-order chi connectivity index (χ0) is 46.8. The van der Waals surface area contributed by atoms with Crippen LogP contribution < -0.4 is 11.5 Å². The first-order valence-corrected chi connectivity index (χ1v) is 24.0. The first kappa shape index (κ1) is 43.5. The maximum atomic E-state index is 16.2. The van der Waals surface area contributed by atoms with Gasteiger partial charge in [-0.25, -0.2) is 9.79 Å². The van der Waals surface area contributed by atoms with Gasteiger partial charge in [0.25, 0.3) is 0 Å². The number of nitrogens with two attached hydrogens (primary N) is 2. The van der Waals surface area contributed by atoms with Crippen LogP contribution in [0, 0.1) is 86.3 Å². The summed E-state index contributed by atoms with van der Waals surface area (Å²) in [5.41, 5.74) is 6.31. The molecule has 1 aromatic rings. The molecule has 0 heterocycles. The number of aliphatic hydroxyl groups excluding tert-OH is 2. The molecule has 9 N–H and O–H groups in total. The third kappa shape index (κ3) is 4.95. The summed E-state index contributed by atoms with van der Waals surface area (Å²) in [4.78, 5) is 48.9. The second-order valence-electron chi connectivity index (χ2n) is 22.5. The predicted molar refractivity (Wildman–Crippen MR) is 247 cm³/mol. The molecule has 0 aliphatic heterocycles. The van der Waals surface area contributed by atoms with Crippen LogP contribution in [0.15, 0.2) is 81.4 Å². The van der Waals surface area contributed by atoms with E-state index in [0.717, 1.165) is 17.6 Å². The van der Waals surface area contributed by atoms with Gasteiger partial charge in [0.15, 0.2) is 17.5 Å². The average Bonchev–Trinajstić information content (AvgIpc) is 3.42. The third-order valence-electron chi connectivity index (χ3n) is 19.9. The number of aliphatic carboxylic acids is 1. The van der Waals surface area contributed by atoms with E-state index < -0.39 is 91.4 Å². The number of hydrogen-bond acceptors (Lipinski definition) is 8. The van der Waals surface area contributed by atoms with Crippen LogP contribution in [0.3, 0.4) is 0 Å². The summed E-state index contributed by atoms with van der Waals surface area (Å²) in [7, 11) is 0. The topological polar surface area (TPSA) is 217 Å². The van der Waals surface area contributed by atoms with E-state index in [1.54, 1.807) is 12.2 Å². The number of guanidine groups is 1. The molecule has 1 aromatic carbocycles. The molecule has 11 heteroatoms. The first-order chi connectivity index (χ1) is 31.2. The molecule has 66 heavy (non-hydrogen) atoms. The number of carboxylic acids is 1. The van der Waals surface area contributed by atoms with Gasteiger partial charge in [-0.2, -0.15) is 0 Å². The second kappa shape index (κ2) is 13.8. The molecule has 3 saturated carbocycles. The largest absolute Gasteiger partial charge is 0.478 e. The normalized spacial score (nSPS) is 47.0. The molecule has 2 spiro atoms. The van der Waals surface area contributed by atoms with Crippen molar-refractivity contribution in [1.29, 1.82) is 0 Å². The Bertz CT molecular complexity index is 2770. The maximum absolute atomic E-state index is 16.2. The SMILES string of the molecule is C/C(C(=O)O)=C1/CC[C@]2(N=C(N)N)C=C[C@@]3(C[C@@]4(O)C=C[C@]5(O)C6=C7C(=O)C[C@@]3(C)[C@]64[C@H]3CC#CC[C@]4(C)C(=O)[C@H](C#CC3)C[C@@]7(C)[C@@H]4[C@H]5C3=Cc4ccccc4CC3)[C@H](CCO)[C@@H]2[C@@H]1O. The van der Waals surface area contributed by atoms with Crippen molar-refractivity contribution >= 4 is 29.6 Å². The van der Waals surface area contributed by atoms with E-state index in [9.17, 15) is 30.3 Å². The fourth-order valence-corrected chi connectivity index (χ4v) is 17.8. The molecule has 3 fully saturated rings. The van der Waals surface area contributed by atoms with Crippen molar-refractivity contribution < 1.29 is 39.9 Å². The zero-order valence-corrected chi connectivity index (χ0v) is 38.3. The highest BCUT2D eigenvalue weighted by Gasteiger charge is 2.86. The predicted octanol–water partition coefficient (Wildman–Crippen LogP) is 5.12. The summed E-state index contributed by atoms with van der Waals surface area (Å²) < 4.78 is 0. The number of hydrogen-bond donors (Lipinski definition) is 7. The van der Waals surface area contributed by atoms with E-state index in [1.165, 1.54) is 12.5 Å². The van der Waals surface area contributed by atoms with Crippen LogP contribution in [-0.4, -0.2) is 78.5 Å². The lowest BCUT2D eigenvalue weighted by Gasteiger charge is -2.72. The minimum atomic E-state index is -1.85. The maximum Gasteiger partial charge on any atom is 0.331 e. The number of aliphatic hydroxyl groups is 4.